The van der Waals surface area contributed by atoms with E-state index >= 15 is 0 Å². The highest BCUT2D eigenvalue weighted by Gasteiger charge is 2.47. The fraction of sp³-hybridized carbons (Fsp3) is 0.462. The number of carbonyl (C=O) groups excluding carboxylic acids is 1. The van der Waals surface area contributed by atoms with Gasteiger partial charge in [-0.05, 0) is 13.0 Å². The summed E-state index contributed by atoms with van der Waals surface area (Å²) < 4.78 is 24.1. The first kappa shape index (κ1) is 12.8. The molecule has 1 aromatic carbocycles. The molecule has 1 heterocycles. The van der Waals surface area contributed by atoms with Crippen LogP contribution in [0.2, 0.25) is 0 Å². The Kier molecular flexibility index (Phi) is 3.52. The number of para-hydroxylation sites is 1. The Morgan fingerprint density at radius 1 is 1.61 bits per heavy atom. The van der Waals surface area contributed by atoms with Crippen LogP contribution >= 0.6 is 0 Å². The lowest BCUT2D eigenvalue weighted by atomic mass is 9.84. The highest BCUT2D eigenvalue weighted by molar-refractivity contribution is 5.77. The molecule has 2 atom stereocenters. The summed E-state index contributed by atoms with van der Waals surface area (Å²) in [5, 5.41) is 10.4. The van der Waals surface area contributed by atoms with Gasteiger partial charge in [-0.15, -0.1) is 0 Å². The SMILES string of the molecule is CCOC(=O)C(F)C1(O)CCOc2ccccc21. The summed E-state index contributed by atoms with van der Waals surface area (Å²) in [6, 6.07) is 6.58. The van der Waals surface area contributed by atoms with E-state index in [9.17, 15) is 14.3 Å². The van der Waals surface area contributed by atoms with Crippen LogP contribution in [-0.4, -0.2) is 30.5 Å². The summed E-state index contributed by atoms with van der Waals surface area (Å²) in [7, 11) is 0. The predicted octanol–water partition coefficient (Wildman–Crippen LogP) is 1.56. The molecule has 1 N–H and O–H groups in total. The highest BCUT2D eigenvalue weighted by Crippen LogP contribution is 2.40. The largest absolute Gasteiger partial charge is 0.493 e. The van der Waals surface area contributed by atoms with Crippen LogP contribution in [0.3, 0.4) is 0 Å². The molecule has 0 fully saturated rings. The molecule has 0 bridgehead atoms. The van der Waals surface area contributed by atoms with Crippen LogP contribution in [0.15, 0.2) is 24.3 Å². The molecule has 0 saturated carbocycles. The van der Waals surface area contributed by atoms with E-state index in [0.717, 1.165) is 0 Å². The van der Waals surface area contributed by atoms with Gasteiger partial charge < -0.3 is 14.6 Å². The van der Waals surface area contributed by atoms with Crippen molar-refractivity contribution < 1.29 is 23.8 Å². The number of alkyl halides is 1. The Labute approximate surface area is 104 Å². The quantitative estimate of drug-likeness (QED) is 0.832. The first-order chi connectivity index (χ1) is 8.59. The van der Waals surface area contributed by atoms with Gasteiger partial charge in [0.05, 0.1) is 13.2 Å². The highest BCUT2D eigenvalue weighted by atomic mass is 19.1. The number of aliphatic hydroxyl groups is 1. The lowest BCUT2D eigenvalue weighted by Crippen LogP contribution is -2.46. The smallest absolute Gasteiger partial charge is 0.344 e. The molecule has 5 heteroatoms. The molecule has 1 aliphatic heterocycles. The minimum atomic E-state index is -2.11. The number of rotatable bonds is 3. The Hall–Kier alpha value is -1.62. The topological polar surface area (TPSA) is 55.8 Å². The van der Waals surface area contributed by atoms with E-state index in [1.165, 1.54) is 0 Å². The number of fused-ring (bicyclic) bond motifs is 1. The van der Waals surface area contributed by atoms with E-state index in [4.69, 9.17) is 4.74 Å². The van der Waals surface area contributed by atoms with Crippen LogP contribution < -0.4 is 4.74 Å². The average Bonchev–Trinajstić information content (AvgIpc) is 2.39. The summed E-state index contributed by atoms with van der Waals surface area (Å²) in [4.78, 5) is 11.5. The lowest BCUT2D eigenvalue weighted by molar-refractivity contribution is -0.164. The first-order valence-electron chi connectivity index (χ1n) is 5.85. The minimum absolute atomic E-state index is 0.0179. The number of hydrogen-bond donors (Lipinski definition) is 1. The molecular formula is C13H15FO4. The molecule has 0 spiro atoms. The minimum Gasteiger partial charge on any atom is -0.493 e. The zero-order valence-corrected chi connectivity index (χ0v) is 10.1. The van der Waals surface area contributed by atoms with Gasteiger partial charge in [0.2, 0.25) is 6.17 Å². The maximum atomic E-state index is 14.2. The number of esters is 1. The van der Waals surface area contributed by atoms with Crippen LogP contribution in [-0.2, 0) is 15.1 Å². The molecular weight excluding hydrogens is 239 g/mol. The summed E-state index contributed by atoms with van der Waals surface area (Å²) >= 11 is 0. The second-order valence-corrected chi connectivity index (χ2v) is 4.13. The Bertz CT molecular complexity index is 448. The van der Waals surface area contributed by atoms with Crippen molar-refractivity contribution in [2.45, 2.75) is 25.1 Å². The number of carbonyl (C=O) groups is 1. The van der Waals surface area contributed by atoms with Gasteiger partial charge in [-0.1, -0.05) is 18.2 Å². The number of benzene rings is 1. The van der Waals surface area contributed by atoms with Crippen molar-refractivity contribution in [2.75, 3.05) is 13.2 Å². The van der Waals surface area contributed by atoms with Gasteiger partial charge in [-0.25, -0.2) is 9.18 Å². The second kappa shape index (κ2) is 4.94. The van der Waals surface area contributed by atoms with Gasteiger partial charge in [-0.2, -0.15) is 0 Å². The molecule has 0 amide bonds. The van der Waals surface area contributed by atoms with Crippen molar-refractivity contribution in [3.63, 3.8) is 0 Å². The Balaban J connectivity index is 2.34. The van der Waals surface area contributed by atoms with Gasteiger partial charge in [0.15, 0.2) is 0 Å². The van der Waals surface area contributed by atoms with Crippen molar-refractivity contribution in [2.24, 2.45) is 0 Å². The molecule has 18 heavy (non-hydrogen) atoms. The van der Waals surface area contributed by atoms with E-state index in [1.54, 1.807) is 31.2 Å². The van der Waals surface area contributed by atoms with E-state index in [1.807, 2.05) is 0 Å². The molecule has 2 rings (SSSR count). The molecule has 4 nitrogen and oxygen atoms in total. The summed E-state index contributed by atoms with van der Waals surface area (Å²) in [6.07, 6.45) is -2.09. The van der Waals surface area contributed by atoms with Crippen LogP contribution in [0.25, 0.3) is 0 Å². The molecule has 0 aliphatic carbocycles. The zero-order chi connectivity index (χ0) is 13.2. The van der Waals surface area contributed by atoms with Gasteiger partial charge in [0, 0.05) is 12.0 Å². The fourth-order valence-electron chi connectivity index (χ4n) is 2.08. The number of halogens is 1. The molecule has 1 aliphatic rings. The molecule has 0 aromatic heterocycles. The summed E-state index contributed by atoms with van der Waals surface area (Å²) in [6.45, 7) is 1.83. The Morgan fingerprint density at radius 3 is 3.06 bits per heavy atom. The standard InChI is InChI=1S/C13H15FO4/c1-2-17-12(15)11(14)13(16)7-8-18-10-6-4-3-5-9(10)13/h3-6,11,16H,2,7-8H2,1H3. The van der Waals surface area contributed by atoms with Crippen molar-refractivity contribution in [3.8, 4) is 5.75 Å². The van der Waals surface area contributed by atoms with Crippen molar-refractivity contribution in [1.82, 2.24) is 0 Å². The molecule has 0 saturated heterocycles. The molecule has 0 radical (unpaired) electrons. The number of hydrogen-bond acceptors (Lipinski definition) is 4. The van der Waals surface area contributed by atoms with E-state index < -0.39 is 17.7 Å². The van der Waals surface area contributed by atoms with Gasteiger partial charge >= 0.3 is 5.97 Å². The Morgan fingerprint density at radius 2 is 2.33 bits per heavy atom. The second-order valence-electron chi connectivity index (χ2n) is 4.13. The molecule has 1 aromatic rings. The summed E-state index contributed by atoms with van der Waals surface area (Å²) in [5.74, 6) is -0.644. The first-order valence-corrected chi connectivity index (χ1v) is 5.85. The zero-order valence-electron chi connectivity index (χ0n) is 10.1. The van der Waals surface area contributed by atoms with Crippen LogP contribution in [0.1, 0.15) is 18.9 Å². The van der Waals surface area contributed by atoms with E-state index in [2.05, 4.69) is 4.74 Å². The van der Waals surface area contributed by atoms with Crippen LogP contribution in [0.5, 0.6) is 5.75 Å². The third-order valence-electron chi connectivity index (χ3n) is 3.01. The predicted molar refractivity (Wildman–Crippen MR) is 62.0 cm³/mol. The van der Waals surface area contributed by atoms with Crippen LogP contribution in [0, 0.1) is 0 Å². The van der Waals surface area contributed by atoms with Gasteiger partial charge in [0.1, 0.15) is 11.4 Å². The monoisotopic (exact) mass is 254 g/mol. The van der Waals surface area contributed by atoms with Gasteiger partial charge in [0.25, 0.3) is 0 Å². The third kappa shape index (κ3) is 2.06. The van der Waals surface area contributed by atoms with Crippen molar-refractivity contribution in [1.29, 1.82) is 0 Å². The average molecular weight is 254 g/mol. The lowest BCUT2D eigenvalue weighted by Gasteiger charge is -2.35. The van der Waals surface area contributed by atoms with Crippen molar-refractivity contribution in [3.05, 3.63) is 29.8 Å². The third-order valence-corrected chi connectivity index (χ3v) is 3.01. The van der Waals surface area contributed by atoms with Gasteiger partial charge in [-0.3, -0.25) is 0 Å². The fourth-order valence-corrected chi connectivity index (χ4v) is 2.08. The van der Waals surface area contributed by atoms with E-state index in [-0.39, 0.29) is 25.2 Å². The van der Waals surface area contributed by atoms with Crippen LogP contribution in [0.4, 0.5) is 4.39 Å². The normalized spacial score (nSPS) is 23.7. The summed E-state index contributed by atoms with van der Waals surface area (Å²) in [5.41, 5.74) is -1.59. The van der Waals surface area contributed by atoms with E-state index in [0.29, 0.717) is 5.75 Å². The number of ether oxygens (including phenoxy) is 2. The maximum absolute atomic E-state index is 14.2. The van der Waals surface area contributed by atoms with Crippen molar-refractivity contribution >= 4 is 5.97 Å². The molecule has 98 valence electrons. The maximum Gasteiger partial charge on any atom is 0.344 e. The molecule has 2 unspecified atom stereocenters.